The Balaban J connectivity index is 1.50. The number of carbonyl (C=O) groups is 1. The highest BCUT2D eigenvalue weighted by Gasteiger charge is 2.42. The van der Waals surface area contributed by atoms with Gasteiger partial charge in [-0.1, -0.05) is 12.1 Å². The summed E-state index contributed by atoms with van der Waals surface area (Å²) in [5.41, 5.74) is 1.30. The van der Waals surface area contributed by atoms with Crippen molar-refractivity contribution in [2.45, 2.75) is 26.3 Å². The molecule has 0 radical (unpaired) electrons. The number of hydrogen-bond donors (Lipinski definition) is 2. The van der Waals surface area contributed by atoms with Crippen LogP contribution in [-0.4, -0.2) is 63.3 Å². The van der Waals surface area contributed by atoms with Crippen molar-refractivity contribution in [3.05, 3.63) is 29.8 Å². The smallest absolute Gasteiger partial charge is 0.242 e. The second-order valence-electron chi connectivity index (χ2n) is 7.27. The predicted molar refractivity (Wildman–Crippen MR) is 105 cm³/mol. The molecule has 1 spiro atoms. The van der Waals surface area contributed by atoms with E-state index in [0.29, 0.717) is 6.54 Å². The van der Waals surface area contributed by atoms with E-state index in [2.05, 4.69) is 20.5 Å². The van der Waals surface area contributed by atoms with Gasteiger partial charge in [0, 0.05) is 38.2 Å². The van der Waals surface area contributed by atoms with Crippen molar-refractivity contribution in [2.24, 2.45) is 10.4 Å². The van der Waals surface area contributed by atoms with Crippen molar-refractivity contribution in [1.82, 2.24) is 15.5 Å². The number of rotatable bonds is 6. The first kappa shape index (κ1) is 19.5. The van der Waals surface area contributed by atoms with E-state index >= 15 is 0 Å². The number of likely N-dealkylation sites (tertiary alicyclic amines) is 1. The molecule has 148 valence electrons. The highest BCUT2D eigenvalue weighted by Crippen LogP contribution is 2.38. The lowest BCUT2D eigenvalue weighted by Gasteiger charge is -2.24. The van der Waals surface area contributed by atoms with Crippen molar-refractivity contribution in [1.29, 1.82) is 0 Å². The molecule has 2 saturated heterocycles. The van der Waals surface area contributed by atoms with Crippen LogP contribution in [0.5, 0.6) is 5.75 Å². The lowest BCUT2D eigenvalue weighted by Crippen LogP contribution is -2.42. The number of methoxy groups -OCH3 is 1. The number of benzene rings is 1. The number of aliphatic imine (C=N–C) groups is 1. The molecular formula is C20H30N4O3. The van der Waals surface area contributed by atoms with Gasteiger partial charge in [0.1, 0.15) is 12.3 Å². The molecule has 7 nitrogen and oxygen atoms in total. The van der Waals surface area contributed by atoms with Gasteiger partial charge in [0.05, 0.1) is 13.7 Å². The molecule has 2 heterocycles. The van der Waals surface area contributed by atoms with Crippen molar-refractivity contribution in [2.75, 3.05) is 46.5 Å². The summed E-state index contributed by atoms with van der Waals surface area (Å²) in [6.45, 7) is 7.04. The first-order chi connectivity index (χ1) is 13.1. The summed E-state index contributed by atoms with van der Waals surface area (Å²) >= 11 is 0. The number of nitrogens with one attached hydrogen (secondary N) is 2. The fourth-order valence-corrected chi connectivity index (χ4v) is 3.66. The molecule has 2 aliphatic rings. The lowest BCUT2D eigenvalue weighted by atomic mass is 9.87. The van der Waals surface area contributed by atoms with Crippen molar-refractivity contribution >= 4 is 11.9 Å². The Bertz CT molecular complexity index is 654. The highest BCUT2D eigenvalue weighted by molar-refractivity contribution is 5.85. The SMILES string of the molecule is CCNC(=NCC(=O)NCc1ccc(OC)cc1)N1CCC2(CCOC2)C1. The Hall–Kier alpha value is -2.28. The Morgan fingerprint density at radius 3 is 2.78 bits per heavy atom. The molecule has 1 unspecified atom stereocenters. The van der Waals surface area contributed by atoms with Gasteiger partial charge in [0.25, 0.3) is 0 Å². The molecule has 1 aromatic carbocycles. The molecule has 0 aromatic heterocycles. The maximum absolute atomic E-state index is 12.2. The second kappa shape index (κ2) is 9.08. The summed E-state index contributed by atoms with van der Waals surface area (Å²) < 4.78 is 10.7. The van der Waals surface area contributed by atoms with Crippen LogP contribution in [0.25, 0.3) is 0 Å². The van der Waals surface area contributed by atoms with Crippen LogP contribution in [0.4, 0.5) is 0 Å². The molecular weight excluding hydrogens is 344 g/mol. The monoisotopic (exact) mass is 374 g/mol. The second-order valence-corrected chi connectivity index (χ2v) is 7.27. The number of ether oxygens (including phenoxy) is 2. The normalized spacial score (nSPS) is 22.3. The number of guanidine groups is 1. The molecule has 2 fully saturated rings. The molecule has 1 atom stereocenters. The van der Waals surface area contributed by atoms with Crippen LogP contribution in [-0.2, 0) is 16.1 Å². The first-order valence-electron chi connectivity index (χ1n) is 9.65. The average molecular weight is 374 g/mol. The van der Waals surface area contributed by atoms with Crippen LogP contribution < -0.4 is 15.4 Å². The minimum Gasteiger partial charge on any atom is -0.497 e. The molecule has 0 bridgehead atoms. The van der Waals surface area contributed by atoms with Gasteiger partial charge in [-0.2, -0.15) is 0 Å². The van der Waals surface area contributed by atoms with Crippen LogP contribution in [0.3, 0.4) is 0 Å². The van der Waals surface area contributed by atoms with Gasteiger partial charge in [-0.05, 0) is 37.5 Å². The van der Waals surface area contributed by atoms with Gasteiger partial charge in [-0.3, -0.25) is 4.79 Å². The van der Waals surface area contributed by atoms with E-state index in [1.165, 1.54) is 0 Å². The van der Waals surface area contributed by atoms with Gasteiger partial charge in [-0.15, -0.1) is 0 Å². The zero-order valence-corrected chi connectivity index (χ0v) is 16.3. The third kappa shape index (κ3) is 5.13. The summed E-state index contributed by atoms with van der Waals surface area (Å²) in [7, 11) is 1.64. The van der Waals surface area contributed by atoms with Gasteiger partial charge in [0.15, 0.2) is 5.96 Å². The van der Waals surface area contributed by atoms with Crippen LogP contribution in [0.2, 0.25) is 0 Å². The highest BCUT2D eigenvalue weighted by atomic mass is 16.5. The first-order valence-corrected chi connectivity index (χ1v) is 9.65. The summed E-state index contributed by atoms with van der Waals surface area (Å²) in [6, 6.07) is 7.66. The molecule has 27 heavy (non-hydrogen) atoms. The fourth-order valence-electron chi connectivity index (χ4n) is 3.66. The van der Waals surface area contributed by atoms with E-state index in [-0.39, 0.29) is 17.9 Å². The maximum atomic E-state index is 12.2. The quantitative estimate of drug-likeness (QED) is 0.581. The van der Waals surface area contributed by atoms with E-state index in [1.54, 1.807) is 7.11 Å². The molecule has 1 aromatic rings. The Kier molecular flexibility index (Phi) is 6.55. The van der Waals surface area contributed by atoms with Gasteiger partial charge in [-0.25, -0.2) is 4.99 Å². The van der Waals surface area contributed by atoms with Crippen LogP contribution in [0, 0.1) is 5.41 Å². The Morgan fingerprint density at radius 2 is 2.11 bits per heavy atom. The molecule has 0 saturated carbocycles. The Morgan fingerprint density at radius 1 is 1.30 bits per heavy atom. The number of carbonyl (C=O) groups excluding carboxylic acids is 1. The largest absolute Gasteiger partial charge is 0.497 e. The summed E-state index contributed by atoms with van der Waals surface area (Å²) in [5.74, 6) is 1.54. The van der Waals surface area contributed by atoms with E-state index < -0.39 is 0 Å². The third-order valence-electron chi connectivity index (χ3n) is 5.28. The zero-order valence-electron chi connectivity index (χ0n) is 16.3. The van der Waals surface area contributed by atoms with Gasteiger partial charge in [0.2, 0.25) is 5.91 Å². The predicted octanol–water partition coefficient (Wildman–Crippen LogP) is 1.39. The molecule has 3 rings (SSSR count). The minimum atomic E-state index is -0.0840. The lowest BCUT2D eigenvalue weighted by molar-refractivity contribution is -0.119. The van der Waals surface area contributed by atoms with Crippen LogP contribution >= 0.6 is 0 Å². The Labute approximate surface area is 161 Å². The third-order valence-corrected chi connectivity index (χ3v) is 5.28. The van der Waals surface area contributed by atoms with Gasteiger partial charge >= 0.3 is 0 Å². The summed E-state index contributed by atoms with van der Waals surface area (Å²) in [5, 5.41) is 6.23. The molecule has 1 amide bonds. The topological polar surface area (TPSA) is 75.2 Å². The van der Waals surface area contributed by atoms with E-state index in [4.69, 9.17) is 9.47 Å². The van der Waals surface area contributed by atoms with Crippen molar-refractivity contribution in [3.8, 4) is 5.75 Å². The average Bonchev–Trinajstić information content (AvgIpc) is 3.33. The molecule has 0 aliphatic carbocycles. The molecule has 2 aliphatic heterocycles. The minimum absolute atomic E-state index is 0.0840. The van der Waals surface area contributed by atoms with E-state index in [1.807, 2.05) is 31.2 Å². The van der Waals surface area contributed by atoms with E-state index in [0.717, 1.165) is 63.0 Å². The van der Waals surface area contributed by atoms with Crippen LogP contribution in [0.1, 0.15) is 25.3 Å². The number of hydrogen-bond acceptors (Lipinski definition) is 4. The number of nitrogens with zero attached hydrogens (tertiary/aromatic N) is 2. The zero-order chi connectivity index (χ0) is 19.1. The van der Waals surface area contributed by atoms with E-state index in [9.17, 15) is 4.79 Å². The number of amides is 1. The van der Waals surface area contributed by atoms with Crippen molar-refractivity contribution in [3.63, 3.8) is 0 Å². The molecule has 2 N–H and O–H groups in total. The fraction of sp³-hybridized carbons (Fsp3) is 0.600. The maximum Gasteiger partial charge on any atom is 0.242 e. The van der Waals surface area contributed by atoms with Crippen LogP contribution in [0.15, 0.2) is 29.3 Å². The standard InChI is InChI=1S/C20H30N4O3/c1-3-21-19(24-10-8-20(14-24)9-11-27-15-20)23-13-18(25)22-12-16-4-6-17(26-2)7-5-16/h4-7H,3,8-15H2,1-2H3,(H,21,23)(H,22,25). The van der Waals surface area contributed by atoms with Gasteiger partial charge < -0.3 is 25.0 Å². The summed E-state index contributed by atoms with van der Waals surface area (Å²) in [6.07, 6.45) is 2.24. The van der Waals surface area contributed by atoms with Crippen molar-refractivity contribution < 1.29 is 14.3 Å². The molecule has 7 heteroatoms. The summed E-state index contributed by atoms with van der Waals surface area (Å²) in [4.78, 5) is 19.0.